The van der Waals surface area contributed by atoms with Gasteiger partial charge in [0.25, 0.3) is 5.91 Å². The molecule has 0 aliphatic carbocycles. The van der Waals surface area contributed by atoms with Gasteiger partial charge < -0.3 is 10.2 Å². The van der Waals surface area contributed by atoms with Gasteiger partial charge in [0.1, 0.15) is 0 Å². The Morgan fingerprint density at radius 2 is 2.11 bits per heavy atom. The van der Waals surface area contributed by atoms with E-state index in [4.69, 9.17) is 0 Å². The number of carbonyl (C=O) groups excluding carboxylic acids is 1. The summed E-state index contributed by atoms with van der Waals surface area (Å²) >= 11 is 1.24. The zero-order valence-corrected chi connectivity index (χ0v) is 10.9. The van der Waals surface area contributed by atoms with Gasteiger partial charge in [-0.3, -0.25) is 9.78 Å². The predicted octanol–water partition coefficient (Wildman–Crippen LogP) is 1.25. The lowest BCUT2D eigenvalue weighted by atomic mass is 10.2. The molecule has 0 radical (unpaired) electrons. The Hall–Kier alpha value is -2.02. The smallest absolute Gasteiger partial charge is 0.284 e. The summed E-state index contributed by atoms with van der Waals surface area (Å²) < 4.78 is 0. The van der Waals surface area contributed by atoms with Gasteiger partial charge in [-0.15, -0.1) is 10.2 Å². The van der Waals surface area contributed by atoms with Crippen LogP contribution in [0.1, 0.15) is 15.4 Å². The van der Waals surface area contributed by atoms with Crippen molar-refractivity contribution in [2.75, 3.05) is 19.4 Å². The zero-order valence-electron chi connectivity index (χ0n) is 10.1. The van der Waals surface area contributed by atoms with Gasteiger partial charge in [-0.25, -0.2) is 0 Å². The Balaban J connectivity index is 2.05. The fourth-order valence-corrected chi connectivity index (χ4v) is 2.10. The minimum Gasteiger partial charge on any atom is -0.363 e. The van der Waals surface area contributed by atoms with Crippen LogP contribution >= 0.6 is 11.3 Å². The van der Waals surface area contributed by atoms with E-state index in [1.54, 1.807) is 31.4 Å². The number of hydrogen-bond donors (Lipinski definition) is 1. The lowest BCUT2D eigenvalue weighted by molar-refractivity contribution is 0.0784. The molecule has 0 saturated carbocycles. The average molecular weight is 263 g/mol. The van der Waals surface area contributed by atoms with Crippen LogP contribution in [0, 0.1) is 0 Å². The molecule has 1 amide bonds. The quantitative estimate of drug-likeness (QED) is 0.898. The van der Waals surface area contributed by atoms with E-state index in [0.29, 0.717) is 16.7 Å². The maximum Gasteiger partial charge on any atom is 0.284 e. The van der Waals surface area contributed by atoms with E-state index >= 15 is 0 Å². The summed E-state index contributed by atoms with van der Waals surface area (Å²) in [7, 11) is 3.48. The maximum atomic E-state index is 12.1. The number of rotatable bonds is 4. The lowest BCUT2D eigenvalue weighted by Gasteiger charge is -2.15. The molecule has 2 heterocycles. The summed E-state index contributed by atoms with van der Waals surface area (Å²) in [5.41, 5.74) is 1.03. The molecule has 2 aromatic rings. The number of anilines is 1. The molecule has 0 unspecified atom stereocenters. The molecule has 1 N–H and O–H groups in total. The molecule has 7 heteroatoms. The van der Waals surface area contributed by atoms with Gasteiger partial charge >= 0.3 is 0 Å². The summed E-state index contributed by atoms with van der Waals surface area (Å²) in [5.74, 6) is -0.134. The molecule has 0 bridgehead atoms. The second-order valence-corrected chi connectivity index (χ2v) is 4.66. The van der Waals surface area contributed by atoms with Crippen LogP contribution in [0.3, 0.4) is 0 Å². The molecule has 2 rings (SSSR count). The first-order chi connectivity index (χ1) is 8.70. The van der Waals surface area contributed by atoms with Crippen molar-refractivity contribution in [3.63, 3.8) is 0 Å². The van der Waals surface area contributed by atoms with E-state index in [9.17, 15) is 4.79 Å². The molecular formula is C11H13N5OS. The number of carbonyl (C=O) groups is 1. The molecule has 94 valence electrons. The first-order valence-corrected chi connectivity index (χ1v) is 6.18. The molecule has 0 fully saturated rings. The second-order valence-electron chi connectivity index (χ2n) is 3.68. The number of nitrogens with one attached hydrogen (secondary N) is 1. The maximum absolute atomic E-state index is 12.1. The normalized spacial score (nSPS) is 10.1. The topological polar surface area (TPSA) is 71.0 Å². The van der Waals surface area contributed by atoms with Gasteiger partial charge in [0, 0.05) is 33.0 Å². The third-order valence-corrected chi connectivity index (χ3v) is 3.27. The average Bonchev–Trinajstić information content (AvgIpc) is 2.87. The van der Waals surface area contributed by atoms with Crippen LogP contribution in [-0.4, -0.2) is 40.1 Å². The van der Waals surface area contributed by atoms with Gasteiger partial charge in [0.15, 0.2) is 0 Å². The van der Waals surface area contributed by atoms with Crippen molar-refractivity contribution in [2.24, 2.45) is 0 Å². The van der Waals surface area contributed by atoms with Crippen molar-refractivity contribution in [1.29, 1.82) is 0 Å². The molecule has 0 saturated heterocycles. The fourth-order valence-electron chi connectivity index (χ4n) is 1.41. The van der Waals surface area contributed by atoms with Gasteiger partial charge in [-0.2, -0.15) is 0 Å². The number of amides is 1. The minimum absolute atomic E-state index is 0.134. The fraction of sp³-hybridized carbons (Fsp3) is 0.273. The highest BCUT2D eigenvalue weighted by Crippen LogP contribution is 2.16. The minimum atomic E-state index is -0.134. The summed E-state index contributed by atoms with van der Waals surface area (Å²) in [6.45, 7) is 0.524. The van der Waals surface area contributed by atoms with Gasteiger partial charge in [0.2, 0.25) is 10.1 Å². The predicted molar refractivity (Wildman–Crippen MR) is 69.5 cm³/mol. The third-order valence-electron chi connectivity index (χ3n) is 2.34. The second kappa shape index (κ2) is 5.54. The van der Waals surface area contributed by atoms with Crippen LogP contribution in [0.4, 0.5) is 5.13 Å². The highest BCUT2D eigenvalue weighted by molar-refractivity contribution is 7.17. The molecule has 0 aliphatic rings. The van der Waals surface area contributed by atoms with E-state index in [1.165, 1.54) is 11.3 Å². The van der Waals surface area contributed by atoms with Gasteiger partial charge in [-0.05, 0) is 17.7 Å². The van der Waals surface area contributed by atoms with Crippen LogP contribution in [0.25, 0.3) is 0 Å². The Kier molecular flexibility index (Phi) is 3.83. The van der Waals surface area contributed by atoms with E-state index in [2.05, 4.69) is 20.5 Å². The summed E-state index contributed by atoms with van der Waals surface area (Å²) in [5, 5.41) is 11.6. The number of nitrogens with zero attached hydrogens (tertiary/aromatic N) is 4. The Bertz CT molecular complexity index is 527. The Labute approximate surface area is 109 Å². The molecule has 2 aromatic heterocycles. The van der Waals surface area contributed by atoms with Crippen molar-refractivity contribution >= 4 is 22.4 Å². The highest BCUT2D eigenvalue weighted by Gasteiger charge is 2.17. The van der Waals surface area contributed by atoms with Crippen LogP contribution in [0.2, 0.25) is 0 Å². The van der Waals surface area contributed by atoms with E-state index < -0.39 is 0 Å². The largest absolute Gasteiger partial charge is 0.363 e. The first-order valence-electron chi connectivity index (χ1n) is 5.36. The molecule has 0 aromatic carbocycles. The van der Waals surface area contributed by atoms with Crippen LogP contribution in [0.15, 0.2) is 24.5 Å². The zero-order chi connectivity index (χ0) is 13.0. The van der Waals surface area contributed by atoms with Crippen LogP contribution < -0.4 is 5.32 Å². The van der Waals surface area contributed by atoms with Crippen molar-refractivity contribution in [3.05, 3.63) is 35.1 Å². The first kappa shape index (κ1) is 12.4. The van der Waals surface area contributed by atoms with E-state index in [0.717, 1.165) is 5.56 Å². The van der Waals surface area contributed by atoms with Crippen LogP contribution in [0.5, 0.6) is 0 Å². The highest BCUT2D eigenvalue weighted by atomic mass is 32.1. The number of pyridine rings is 1. The molecule has 0 aliphatic heterocycles. The monoisotopic (exact) mass is 263 g/mol. The summed E-state index contributed by atoms with van der Waals surface area (Å²) in [4.78, 5) is 17.6. The van der Waals surface area contributed by atoms with Crippen molar-refractivity contribution in [1.82, 2.24) is 20.1 Å². The van der Waals surface area contributed by atoms with Crippen LogP contribution in [-0.2, 0) is 6.54 Å². The van der Waals surface area contributed by atoms with Gasteiger partial charge in [0.05, 0.1) is 0 Å². The molecular weight excluding hydrogens is 250 g/mol. The van der Waals surface area contributed by atoms with Crippen molar-refractivity contribution < 1.29 is 4.79 Å². The number of hydrogen-bond acceptors (Lipinski definition) is 6. The lowest BCUT2D eigenvalue weighted by Crippen LogP contribution is -2.26. The van der Waals surface area contributed by atoms with E-state index in [-0.39, 0.29) is 5.91 Å². The van der Waals surface area contributed by atoms with Crippen molar-refractivity contribution in [3.8, 4) is 0 Å². The molecule has 18 heavy (non-hydrogen) atoms. The van der Waals surface area contributed by atoms with Gasteiger partial charge in [-0.1, -0.05) is 11.3 Å². The standard InChI is InChI=1S/C11H13N5OS/c1-12-11-15-14-9(18-11)10(17)16(2)7-8-3-5-13-6-4-8/h3-6H,7H2,1-2H3,(H,12,15). The molecule has 0 spiro atoms. The SMILES string of the molecule is CNc1nnc(C(=O)N(C)Cc2ccncc2)s1. The molecule has 0 atom stereocenters. The van der Waals surface area contributed by atoms with E-state index in [1.807, 2.05) is 12.1 Å². The molecule has 6 nitrogen and oxygen atoms in total. The Morgan fingerprint density at radius 1 is 1.39 bits per heavy atom. The van der Waals surface area contributed by atoms with Crippen molar-refractivity contribution in [2.45, 2.75) is 6.54 Å². The number of aromatic nitrogens is 3. The summed E-state index contributed by atoms with van der Waals surface area (Å²) in [6.07, 6.45) is 3.41. The summed E-state index contributed by atoms with van der Waals surface area (Å²) in [6, 6.07) is 3.76. The Morgan fingerprint density at radius 3 is 2.72 bits per heavy atom. The third kappa shape index (κ3) is 2.80.